The lowest BCUT2D eigenvalue weighted by molar-refractivity contribution is -0.0583. The second-order valence-electron chi connectivity index (χ2n) is 8.49. The monoisotopic (exact) mass is 481 g/mol. The molecule has 0 saturated heterocycles. The largest absolute Gasteiger partial charge is 0.432 e. The van der Waals surface area contributed by atoms with Gasteiger partial charge in [0.15, 0.2) is 0 Å². The Morgan fingerprint density at radius 2 is 1.61 bits per heavy atom. The van der Waals surface area contributed by atoms with Crippen molar-refractivity contribution < 1.29 is 13.2 Å². The molecule has 178 valence electrons. The number of allylic oxidation sites excluding steroid dienone is 2. The number of benzene rings is 4. The van der Waals surface area contributed by atoms with Crippen LogP contribution in [-0.4, -0.2) is 17.6 Å². The standard InChI is InChI=1S/C30H22F3N3/c1-3-29(2,35)36-25-15-9-20(10-16-25)8-11-23(19-28(34)30(31,32)33)22-14-17-27-24(18-22)13-12-21-6-4-5-7-26(21)27/h1,4-7,9-10,12-19,34,36H,35H2,2H3/b23-19+,34-28?. The highest BCUT2D eigenvalue weighted by molar-refractivity contribution is 6.10. The normalized spacial score (nSPS) is 13.4. The molecule has 0 fully saturated rings. The van der Waals surface area contributed by atoms with Crippen molar-refractivity contribution in [2.45, 2.75) is 18.8 Å². The molecule has 0 aliphatic heterocycles. The molecule has 0 saturated carbocycles. The number of hydrogen-bond donors (Lipinski definition) is 3. The van der Waals surface area contributed by atoms with Gasteiger partial charge < -0.3 is 5.32 Å². The Bertz CT molecular complexity index is 1590. The molecule has 0 amide bonds. The van der Waals surface area contributed by atoms with Gasteiger partial charge in [-0.1, -0.05) is 66.3 Å². The van der Waals surface area contributed by atoms with Gasteiger partial charge >= 0.3 is 6.18 Å². The Labute approximate surface area is 207 Å². The van der Waals surface area contributed by atoms with Gasteiger partial charge in [0.25, 0.3) is 0 Å². The number of fused-ring (bicyclic) bond motifs is 3. The molecule has 6 heteroatoms. The molecule has 0 aliphatic carbocycles. The predicted octanol–water partition coefficient (Wildman–Crippen LogP) is 6.73. The fourth-order valence-corrected chi connectivity index (χ4v) is 3.71. The zero-order valence-corrected chi connectivity index (χ0v) is 19.4. The number of hydrogen-bond acceptors (Lipinski definition) is 3. The Morgan fingerprint density at radius 3 is 2.31 bits per heavy atom. The van der Waals surface area contributed by atoms with E-state index in [0.717, 1.165) is 27.6 Å². The maximum Gasteiger partial charge on any atom is 0.432 e. The fraction of sp³-hybridized carbons (Fsp3) is 0.100. The van der Waals surface area contributed by atoms with Crippen molar-refractivity contribution in [1.29, 1.82) is 5.41 Å². The number of rotatable bonds is 4. The van der Waals surface area contributed by atoms with Gasteiger partial charge in [-0.3, -0.25) is 11.1 Å². The van der Waals surface area contributed by atoms with Crippen molar-refractivity contribution in [3.05, 3.63) is 96.1 Å². The maximum absolute atomic E-state index is 13.2. The van der Waals surface area contributed by atoms with E-state index >= 15 is 0 Å². The van der Waals surface area contributed by atoms with E-state index in [1.807, 2.05) is 42.5 Å². The Hall–Kier alpha value is -4.52. The third-order valence-corrected chi connectivity index (χ3v) is 5.58. The average molecular weight is 482 g/mol. The van der Waals surface area contributed by atoms with Crippen LogP contribution in [0.5, 0.6) is 0 Å². The third kappa shape index (κ3) is 5.58. The van der Waals surface area contributed by atoms with Gasteiger partial charge in [0.1, 0.15) is 11.4 Å². The zero-order valence-electron chi connectivity index (χ0n) is 19.4. The molecule has 1 unspecified atom stereocenters. The van der Waals surface area contributed by atoms with E-state index in [9.17, 15) is 13.2 Å². The lowest BCUT2D eigenvalue weighted by Gasteiger charge is -2.20. The lowest BCUT2D eigenvalue weighted by atomic mass is 9.96. The molecule has 0 bridgehead atoms. The van der Waals surface area contributed by atoms with Crippen molar-refractivity contribution >= 4 is 38.5 Å². The van der Waals surface area contributed by atoms with Crippen molar-refractivity contribution in [3.8, 4) is 24.2 Å². The number of halogens is 3. The molecular weight excluding hydrogens is 459 g/mol. The van der Waals surface area contributed by atoms with Gasteiger partial charge in [0.2, 0.25) is 0 Å². The molecular formula is C30H22F3N3. The van der Waals surface area contributed by atoms with Crippen LogP contribution in [0.4, 0.5) is 18.9 Å². The van der Waals surface area contributed by atoms with E-state index in [2.05, 4.69) is 23.1 Å². The van der Waals surface area contributed by atoms with Gasteiger partial charge in [-0.05, 0) is 70.4 Å². The van der Waals surface area contributed by atoms with E-state index in [-0.39, 0.29) is 5.57 Å². The minimum atomic E-state index is -4.78. The summed E-state index contributed by atoms with van der Waals surface area (Å²) in [5, 5.41) is 14.5. The molecule has 4 N–H and O–H groups in total. The van der Waals surface area contributed by atoms with Crippen LogP contribution in [0.15, 0.2) is 84.9 Å². The van der Waals surface area contributed by atoms with E-state index in [0.29, 0.717) is 16.8 Å². The number of nitrogens with one attached hydrogen (secondary N) is 2. The summed E-state index contributed by atoms with van der Waals surface area (Å²) in [6.45, 7) is 1.65. The van der Waals surface area contributed by atoms with Gasteiger partial charge in [-0.25, -0.2) is 0 Å². The molecule has 0 aliphatic rings. The van der Waals surface area contributed by atoms with Crippen LogP contribution in [0.2, 0.25) is 0 Å². The van der Waals surface area contributed by atoms with Crippen LogP contribution in [0, 0.1) is 29.6 Å². The molecule has 0 heterocycles. The first kappa shape index (κ1) is 24.6. The second kappa shape index (κ2) is 9.62. The predicted molar refractivity (Wildman–Crippen MR) is 142 cm³/mol. The molecule has 1 atom stereocenters. The molecule has 36 heavy (non-hydrogen) atoms. The molecule has 0 aromatic heterocycles. The quantitative estimate of drug-likeness (QED) is 0.131. The Kier molecular flexibility index (Phi) is 6.57. The first-order chi connectivity index (χ1) is 17.1. The average Bonchev–Trinajstić information content (AvgIpc) is 2.86. The molecule has 4 rings (SSSR count). The van der Waals surface area contributed by atoms with E-state index < -0.39 is 17.6 Å². The van der Waals surface area contributed by atoms with Crippen molar-refractivity contribution in [2.75, 3.05) is 5.32 Å². The van der Waals surface area contributed by atoms with Gasteiger partial charge in [-0.2, -0.15) is 13.2 Å². The smallest absolute Gasteiger partial charge is 0.358 e. The highest BCUT2D eigenvalue weighted by Crippen LogP contribution is 2.29. The SMILES string of the molecule is C#CC(C)(N)Nc1ccc(C#C/C(=C\C(=N)C(F)(F)F)c2ccc3c(ccc4ccccc43)c2)cc1. The molecule has 4 aromatic carbocycles. The van der Waals surface area contributed by atoms with Crippen molar-refractivity contribution in [3.63, 3.8) is 0 Å². The Balaban J connectivity index is 1.73. The van der Waals surface area contributed by atoms with Crippen LogP contribution < -0.4 is 11.1 Å². The van der Waals surface area contributed by atoms with Crippen LogP contribution in [0.25, 0.3) is 27.1 Å². The molecule has 3 nitrogen and oxygen atoms in total. The molecule has 0 spiro atoms. The minimum absolute atomic E-state index is 0.0939. The first-order valence-electron chi connectivity index (χ1n) is 11.0. The van der Waals surface area contributed by atoms with E-state index in [1.54, 1.807) is 43.3 Å². The second-order valence-corrected chi connectivity index (χ2v) is 8.49. The Morgan fingerprint density at radius 1 is 0.944 bits per heavy atom. The van der Waals surface area contributed by atoms with Gasteiger partial charge in [0, 0.05) is 16.8 Å². The minimum Gasteiger partial charge on any atom is -0.358 e. The fourth-order valence-electron chi connectivity index (χ4n) is 3.71. The van der Waals surface area contributed by atoms with Crippen LogP contribution in [0.1, 0.15) is 18.1 Å². The summed E-state index contributed by atoms with van der Waals surface area (Å²) < 4.78 is 39.5. The van der Waals surface area contributed by atoms with E-state index in [1.165, 1.54) is 0 Å². The summed E-state index contributed by atoms with van der Waals surface area (Å²) in [6.07, 6.45) is 1.37. The topological polar surface area (TPSA) is 61.9 Å². The summed E-state index contributed by atoms with van der Waals surface area (Å²) in [7, 11) is 0. The highest BCUT2D eigenvalue weighted by Gasteiger charge is 2.33. The zero-order chi connectivity index (χ0) is 25.9. The highest BCUT2D eigenvalue weighted by atomic mass is 19.4. The van der Waals surface area contributed by atoms with Crippen LogP contribution >= 0.6 is 0 Å². The maximum atomic E-state index is 13.2. The summed E-state index contributed by atoms with van der Waals surface area (Å²) in [5.41, 5.74) is 5.25. The lowest BCUT2D eigenvalue weighted by Crippen LogP contribution is -2.42. The number of alkyl halides is 3. The van der Waals surface area contributed by atoms with Crippen molar-refractivity contribution in [1.82, 2.24) is 0 Å². The molecule has 0 radical (unpaired) electrons. The van der Waals surface area contributed by atoms with Crippen LogP contribution in [-0.2, 0) is 0 Å². The van der Waals surface area contributed by atoms with Crippen molar-refractivity contribution in [2.24, 2.45) is 5.73 Å². The van der Waals surface area contributed by atoms with Crippen LogP contribution in [0.3, 0.4) is 0 Å². The van der Waals surface area contributed by atoms with Gasteiger partial charge in [0.05, 0.1) is 0 Å². The number of terminal acetylenes is 1. The molecule has 4 aromatic rings. The number of anilines is 1. The summed E-state index contributed by atoms with van der Waals surface area (Å²) in [5.74, 6) is 8.16. The number of nitrogens with two attached hydrogens (primary N) is 1. The summed E-state index contributed by atoms with van der Waals surface area (Å²) in [6, 6.07) is 24.1. The summed E-state index contributed by atoms with van der Waals surface area (Å²) in [4.78, 5) is 0. The summed E-state index contributed by atoms with van der Waals surface area (Å²) >= 11 is 0. The third-order valence-electron chi connectivity index (χ3n) is 5.58. The van der Waals surface area contributed by atoms with Gasteiger partial charge in [-0.15, -0.1) is 6.42 Å². The first-order valence-corrected chi connectivity index (χ1v) is 11.0. The van der Waals surface area contributed by atoms with E-state index in [4.69, 9.17) is 17.6 Å².